The van der Waals surface area contributed by atoms with Crippen molar-refractivity contribution >= 4 is 35.4 Å². The van der Waals surface area contributed by atoms with Crippen LogP contribution in [0.1, 0.15) is 48.0 Å². The molecule has 1 aromatic heterocycles. The fourth-order valence-corrected chi connectivity index (χ4v) is 4.89. The molecule has 1 aliphatic rings. The number of nitrogens with one attached hydrogen (secondary N) is 3. The number of nitrogens with zero attached hydrogens (tertiary/aromatic N) is 2. The van der Waals surface area contributed by atoms with Crippen LogP contribution in [-0.4, -0.2) is 41.0 Å². The van der Waals surface area contributed by atoms with Crippen molar-refractivity contribution < 1.29 is 19.1 Å². The Hall–Kier alpha value is -4.44. The van der Waals surface area contributed by atoms with Gasteiger partial charge in [0.15, 0.2) is 11.7 Å². The summed E-state index contributed by atoms with van der Waals surface area (Å²) in [6.07, 6.45) is 1.62. The summed E-state index contributed by atoms with van der Waals surface area (Å²) >= 11 is 5.32. The zero-order chi connectivity index (χ0) is 28.8. The lowest BCUT2D eigenvalue weighted by Gasteiger charge is -2.30. The van der Waals surface area contributed by atoms with E-state index in [1.807, 2.05) is 32.0 Å². The van der Waals surface area contributed by atoms with Gasteiger partial charge in [0.05, 0.1) is 24.4 Å². The van der Waals surface area contributed by atoms with Crippen molar-refractivity contribution in [1.29, 1.82) is 0 Å². The molecule has 40 heavy (non-hydrogen) atoms. The Morgan fingerprint density at radius 1 is 1.10 bits per heavy atom. The van der Waals surface area contributed by atoms with Crippen molar-refractivity contribution in [2.24, 2.45) is 5.10 Å². The first-order chi connectivity index (χ1) is 19.2. The Balaban J connectivity index is 1.44. The summed E-state index contributed by atoms with van der Waals surface area (Å²) < 4.78 is 13.3. The lowest BCUT2D eigenvalue weighted by molar-refractivity contribution is -0.139. The summed E-state index contributed by atoms with van der Waals surface area (Å²) in [5.41, 5.74) is 9.39. The third kappa shape index (κ3) is 6.40. The van der Waals surface area contributed by atoms with Crippen LogP contribution >= 0.6 is 12.2 Å². The van der Waals surface area contributed by atoms with Crippen molar-refractivity contribution in [1.82, 2.24) is 20.6 Å². The number of allylic oxidation sites excluding steroid dienone is 1. The molecule has 3 aromatic rings. The molecular weight excluding hydrogens is 526 g/mol. The first-order valence-electron chi connectivity index (χ1n) is 12.9. The topological polar surface area (TPSA) is 106 Å². The normalized spacial score (nSPS) is 15.0. The quantitative estimate of drug-likeness (QED) is 0.155. The van der Waals surface area contributed by atoms with Gasteiger partial charge >= 0.3 is 5.97 Å². The number of carbonyl (C=O) groups is 2. The number of amides is 1. The molecule has 0 saturated carbocycles. The van der Waals surface area contributed by atoms with Crippen LogP contribution in [0.4, 0.5) is 0 Å². The van der Waals surface area contributed by atoms with E-state index in [2.05, 4.69) is 56.9 Å². The second kappa shape index (κ2) is 12.6. The summed E-state index contributed by atoms with van der Waals surface area (Å²) in [6.45, 7) is 9.57. The van der Waals surface area contributed by atoms with Crippen molar-refractivity contribution in [2.75, 3.05) is 13.2 Å². The van der Waals surface area contributed by atoms with E-state index >= 15 is 0 Å². The Kier molecular flexibility index (Phi) is 9.00. The lowest BCUT2D eigenvalue weighted by atomic mass is 9.95. The highest BCUT2D eigenvalue weighted by atomic mass is 32.1. The third-order valence-corrected chi connectivity index (χ3v) is 6.73. The number of hydrogen-bond donors (Lipinski definition) is 3. The number of benzene rings is 2. The summed E-state index contributed by atoms with van der Waals surface area (Å²) in [5.74, 6) is -0.458. The maximum Gasteiger partial charge on any atom is 0.338 e. The number of para-hydroxylation sites is 1. The standard InChI is InChI=1S/C30H33N5O4S/c1-6-38-29(37)27-20(4)32-30(40)33-28(27)24-9-7-8-10-25(24)39-17-26(36)34-31-16-22-15-19(3)35(21(22)5)23-13-11-18(2)12-14-23/h7-16,28H,6,17H2,1-5H3,(H,34,36)(H2,32,33,40)/t28-/m1/s1. The first kappa shape index (κ1) is 28.6. The van der Waals surface area contributed by atoms with Crippen LogP contribution in [0, 0.1) is 20.8 Å². The fraction of sp³-hybridized carbons (Fsp3) is 0.267. The van der Waals surface area contributed by atoms with E-state index in [1.165, 1.54) is 5.56 Å². The van der Waals surface area contributed by atoms with E-state index < -0.39 is 17.9 Å². The van der Waals surface area contributed by atoms with Crippen LogP contribution in [0.5, 0.6) is 5.75 Å². The Morgan fingerprint density at radius 2 is 1.82 bits per heavy atom. The molecule has 0 unspecified atom stereocenters. The smallest absolute Gasteiger partial charge is 0.338 e. The molecule has 2 aromatic carbocycles. The highest BCUT2D eigenvalue weighted by Gasteiger charge is 2.32. The minimum absolute atomic E-state index is 0.237. The maximum atomic E-state index is 12.7. The molecule has 9 nitrogen and oxygen atoms in total. The summed E-state index contributed by atoms with van der Waals surface area (Å²) in [4.78, 5) is 25.3. The molecule has 0 saturated heterocycles. The van der Waals surface area contributed by atoms with Gasteiger partial charge < -0.3 is 24.7 Å². The predicted molar refractivity (Wildman–Crippen MR) is 159 cm³/mol. The molecule has 1 amide bonds. The summed E-state index contributed by atoms with van der Waals surface area (Å²) in [6, 6.07) is 16.9. The molecule has 1 aliphatic heterocycles. The number of esters is 1. The Labute approximate surface area is 239 Å². The average molecular weight is 560 g/mol. The molecule has 4 rings (SSSR count). The van der Waals surface area contributed by atoms with Gasteiger partial charge in [0.1, 0.15) is 5.75 Å². The van der Waals surface area contributed by atoms with Gasteiger partial charge in [0, 0.05) is 33.9 Å². The number of thiocarbonyl (C=S) groups is 1. The van der Waals surface area contributed by atoms with Gasteiger partial charge in [-0.25, -0.2) is 10.2 Å². The predicted octanol–water partition coefficient (Wildman–Crippen LogP) is 4.29. The van der Waals surface area contributed by atoms with Gasteiger partial charge in [0.2, 0.25) is 0 Å². The van der Waals surface area contributed by atoms with E-state index in [1.54, 1.807) is 32.2 Å². The van der Waals surface area contributed by atoms with Crippen LogP contribution in [0.3, 0.4) is 0 Å². The highest BCUT2D eigenvalue weighted by molar-refractivity contribution is 7.80. The SMILES string of the molecule is CCOC(=O)C1=C(C)NC(=S)N[C@@H]1c1ccccc1OCC(=O)NN=Cc1cc(C)n(-c2ccc(C)cc2)c1C. The minimum Gasteiger partial charge on any atom is -0.483 e. The van der Waals surface area contributed by atoms with Gasteiger partial charge in [-0.1, -0.05) is 35.9 Å². The van der Waals surface area contributed by atoms with Gasteiger partial charge in [-0.2, -0.15) is 5.10 Å². The molecule has 1 atom stereocenters. The molecule has 3 N–H and O–H groups in total. The van der Waals surface area contributed by atoms with Crippen molar-refractivity contribution in [3.63, 3.8) is 0 Å². The monoisotopic (exact) mass is 559 g/mol. The molecule has 0 aliphatic carbocycles. The van der Waals surface area contributed by atoms with E-state index in [0.29, 0.717) is 27.7 Å². The second-order valence-corrected chi connectivity index (χ2v) is 9.82. The zero-order valence-corrected chi connectivity index (χ0v) is 24.0. The van der Waals surface area contributed by atoms with E-state index in [4.69, 9.17) is 21.7 Å². The van der Waals surface area contributed by atoms with E-state index in [9.17, 15) is 9.59 Å². The van der Waals surface area contributed by atoms with Crippen LogP contribution in [0.15, 0.2) is 71.0 Å². The summed E-state index contributed by atoms with van der Waals surface area (Å²) in [7, 11) is 0. The maximum absolute atomic E-state index is 12.7. The number of rotatable bonds is 9. The molecule has 208 valence electrons. The van der Waals surface area contributed by atoms with Gasteiger partial charge in [-0.05, 0) is 71.1 Å². The van der Waals surface area contributed by atoms with Gasteiger partial charge in [-0.3, -0.25) is 4.79 Å². The molecule has 10 heteroatoms. The van der Waals surface area contributed by atoms with Gasteiger partial charge in [-0.15, -0.1) is 0 Å². The van der Waals surface area contributed by atoms with E-state index in [0.717, 1.165) is 22.6 Å². The molecule has 0 spiro atoms. The number of aromatic nitrogens is 1. The number of aryl methyl sites for hydroxylation is 2. The van der Waals surface area contributed by atoms with Crippen LogP contribution < -0.4 is 20.8 Å². The average Bonchev–Trinajstić information content (AvgIpc) is 3.20. The third-order valence-electron chi connectivity index (χ3n) is 6.51. The van der Waals surface area contributed by atoms with Crippen molar-refractivity contribution in [3.8, 4) is 11.4 Å². The Morgan fingerprint density at radius 3 is 2.55 bits per heavy atom. The second-order valence-electron chi connectivity index (χ2n) is 9.41. The molecule has 0 radical (unpaired) electrons. The number of carbonyl (C=O) groups excluding carboxylic acids is 2. The van der Waals surface area contributed by atoms with Crippen molar-refractivity contribution in [3.05, 3.63) is 93.9 Å². The van der Waals surface area contributed by atoms with Crippen LogP contribution in [0.25, 0.3) is 5.69 Å². The molecular formula is C30H33N5O4S. The molecule has 2 heterocycles. The van der Waals surface area contributed by atoms with Crippen LogP contribution in [-0.2, 0) is 14.3 Å². The molecule has 0 bridgehead atoms. The number of ether oxygens (including phenoxy) is 2. The minimum atomic E-state index is -0.603. The number of hydrazone groups is 1. The van der Waals surface area contributed by atoms with Crippen LogP contribution in [0.2, 0.25) is 0 Å². The zero-order valence-electron chi connectivity index (χ0n) is 23.2. The van der Waals surface area contributed by atoms with Crippen molar-refractivity contribution in [2.45, 2.75) is 40.7 Å². The fourth-order valence-electron chi connectivity index (χ4n) is 4.62. The number of hydrogen-bond acceptors (Lipinski definition) is 6. The largest absolute Gasteiger partial charge is 0.483 e. The molecule has 0 fully saturated rings. The van der Waals surface area contributed by atoms with Gasteiger partial charge in [0.25, 0.3) is 5.91 Å². The van der Waals surface area contributed by atoms with E-state index in [-0.39, 0.29) is 13.2 Å². The summed E-state index contributed by atoms with van der Waals surface area (Å²) in [5, 5.41) is 10.6. The Bertz CT molecular complexity index is 1490. The lowest BCUT2D eigenvalue weighted by Crippen LogP contribution is -2.45. The first-order valence-corrected chi connectivity index (χ1v) is 13.4. The highest BCUT2D eigenvalue weighted by Crippen LogP contribution is 2.33.